The van der Waals surface area contributed by atoms with Crippen LogP contribution in [0.5, 0.6) is 0 Å². The van der Waals surface area contributed by atoms with E-state index in [9.17, 15) is 9.18 Å². The number of para-hydroxylation sites is 2. The number of amides is 1. The molecule has 2 aromatic carbocycles. The maximum Gasteiger partial charge on any atom is 0.223 e. The third-order valence-electron chi connectivity index (χ3n) is 8.28. The molecule has 1 N–H and O–H groups in total. The number of fused-ring (bicyclic) bond motifs is 1. The number of rotatable bonds is 8. The van der Waals surface area contributed by atoms with Crippen LogP contribution in [0.15, 0.2) is 48.5 Å². The minimum absolute atomic E-state index is 0.0464. The van der Waals surface area contributed by atoms with E-state index >= 15 is 0 Å². The normalized spacial score (nSPS) is 21.4. The monoisotopic (exact) mass is 505 g/mol. The number of halogens is 1. The van der Waals surface area contributed by atoms with Crippen molar-refractivity contribution in [3.8, 4) is 0 Å². The first-order chi connectivity index (χ1) is 18.0. The average molecular weight is 506 g/mol. The number of piperidine rings is 2. The third-order valence-corrected chi connectivity index (χ3v) is 8.28. The molecule has 3 heterocycles. The summed E-state index contributed by atoms with van der Waals surface area (Å²) < 4.78 is 16.0. The molecule has 5 rings (SSSR count). The van der Waals surface area contributed by atoms with Crippen molar-refractivity contribution in [1.82, 2.24) is 19.8 Å². The molecule has 2 unspecified atom stereocenters. The topological polar surface area (TPSA) is 53.4 Å². The molecule has 0 saturated carbocycles. The number of benzene rings is 2. The predicted octanol–water partition coefficient (Wildman–Crippen LogP) is 5.21. The molecule has 2 saturated heterocycles. The zero-order chi connectivity index (χ0) is 25.8. The van der Waals surface area contributed by atoms with Crippen LogP contribution in [0.1, 0.15) is 57.9 Å². The van der Waals surface area contributed by atoms with Gasteiger partial charge in [0, 0.05) is 44.2 Å². The number of carbonyl (C=O) groups is 1. The lowest BCUT2D eigenvalue weighted by atomic mass is 9.96. The van der Waals surface area contributed by atoms with Gasteiger partial charge in [0.25, 0.3) is 0 Å². The van der Waals surface area contributed by atoms with Crippen LogP contribution in [-0.2, 0) is 11.3 Å². The van der Waals surface area contributed by atoms with Crippen molar-refractivity contribution in [3.05, 3.63) is 59.9 Å². The molecule has 0 bridgehead atoms. The van der Waals surface area contributed by atoms with E-state index in [2.05, 4.69) is 39.6 Å². The van der Waals surface area contributed by atoms with Crippen LogP contribution in [0.4, 0.5) is 10.3 Å². The van der Waals surface area contributed by atoms with Gasteiger partial charge in [-0.3, -0.25) is 9.69 Å². The molecular formula is C30H40FN5O. The van der Waals surface area contributed by atoms with Crippen LogP contribution < -0.4 is 10.2 Å². The summed E-state index contributed by atoms with van der Waals surface area (Å²) in [6.07, 6.45) is 6.53. The highest BCUT2D eigenvalue weighted by molar-refractivity contribution is 5.80. The third kappa shape index (κ3) is 5.98. The molecular weight excluding hydrogens is 465 g/mol. The number of imidazole rings is 1. The Kier molecular flexibility index (Phi) is 8.08. The lowest BCUT2D eigenvalue weighted by Crippen LogP contribution is -2.45. The number of hydrogen-bond acceptors (Lipinski definition) is 4. The highest BCUT2D eigenvalue weighted by atomic mass is 19.1. The Bertz CT molecular complexity index is 1190. The molecule has 3 aromatic rings. The zero-order valence-corrected chi connectivity index (χ0v) is 22.2. The van der Waals surface area contributed by atoms with Crippen molar-refractivity contribution in [3.63, 3.8) is 0 Å². The quantitative estimate of drug-likeness (QED) is 0.427. The molecule has 2 aliphatic heterocycles. The highest BCUT2D eigenvalue weighted by Gasteiger charge is 2.28. The number of carbonyl (C=O) groups excluding carboxylic acids is 1. The number of hydrogen-bond donors (Lipinski definition) is 1. The molecule has 6 nitrogen and oxygen atoms in total. The molecule has 1 aromatic heterocycles. The number of aromatic nitrogens is 2. The summed E-state index contributed by atoms with van der Waals surface area (Å²) in [5, 5.41) is 3.21. The Labute approximate surface area is 219 Å². The van der Waals surface area contributed by atoms with Crippen LogP contribution in [0.25, 0.3) is 11.0 Å². The largest absolute Gasteiger partial charge is 0.356 e. The van der Waals surface area contributed by atoms with Gasteiger partial charge in [0.05, 0.1) is 17.6 Å². The van der Waals surface area contributed by atoms with Crippen LogP contribution >= 0.6 is 0 Å². The summed E-state index contributed by atoms with van der Waals surface area (Å²) in [4.78, 5) is 22.7. The first-order valence-corrected chi connectivity index (χ1v) is 14.0. The van der Waals surface area contributed by atoms with Gasteiger partial charge in [0.2, 0.25) is 11.9 Å². The first kappa shape index (κ1) is 25.7. The molecule has 0 aliphatic carbocycles. The summed E-state index contributed by atoms with van der Waals surface area (Å²) in [5.74, 6) is 0.905. The van der Waals surface area contributed by atoms with Crippen LogP contribution in [0.2, 0.25) is 0 Å². The fourth-order valence-corrected chi connectivity index (χ4v) is 6.15. The van der Waals surface area contributed by atoms with Crippen molar-refractivity contribution in [2.45, 2.75) is 71.0 Å². The number of nitrogens with zero attached hydrogens (tertiary/aromatic N) is 4. The van der Waals surface area contributed by atoms with Gasteiger partial charge in [-0.15, -0.1) is 0 Å². The molecule has 2 atom stereocenters. The molecule has 37 heavy (non-hydrogen) atoms. The summed E-state index contributed by atoms with van der Waals surface area (Å²) in [5.41, 5.74) is 2.89. The Morgan fingerprint density at radius 2 is 1.78 bits per heavy atom. The summed E-state index contributed by atoms with van der Waals surface area (Å²) >= 11 is 0. The second kappa shape index (κ2) is 11.6. The fraction of sp³-hybridized carbons (Fsp3) is 0.533. The molecule has 2 aliphatic rings. The van der Waals surface area contributed by atoms with Crippen molar-refractivity contribution in [2.24, 2.45) is 5.92 Å². The molecule has 198 valence electrons. The smallest absolute Gasteiger partial charge is 0.223 e. The lowest BCUT2D eigenvalue weighted by Gasteiger charge is -2.39. The Hall–Kier alpha value is -2.93. The van der Waals surface area contributed by atoms with Crippen molar-refractivity contribution >= 4 is 22.9 Å². The number of nitrogens with one attached hydrogen (secondary N) is 1. The van der Waals surface area contributed by atoms with Crippen molar-refractivity contribution in [1.29, 1.82) is 0 Å². The van der Waals surface area contributed by atoms with Gasteiger partial charge in [0.1, 0.15) is 5.82 Å². The molecule has 0 radical (unpaired) electrons. The van der Waals surface area contributed by atoms with Gasteiger partial charge < -0.3 is 14.8 Å². The van der Waals surface area contributed by atoms with Gasteiger partial charge >= 0.3 is 0 Å². The van der Waals surface area contributed by atoms with Gasteiger partial charge in [-0.05, 0) is 75.8 Å². The maximum absolute atomic E-state index is 13.8. The van der Waals surface area contributed by atoms with Gasteiger partial charge in [-0.1, -0.05) is 30.7 Å². The van der Waals surface area contributed by atoms with Gasteiger partial charge in [-0.25, -0.2) is 9.37 Å². The van der Waals surface area contributed by atoms with E-state index in [1.807, 2.05) is 24.3 Å². The predicted molar refractivity (Wildman–Crippen MR) is 147 cm³/mol. The van der Waals surface area contributed by atoms with Crippen molar-refractivity contribution in [2.75, 3.05) is 31.1 Å². The Morgan fingerprint density at radius 1 is 1.03 bits per heavy atom. The summed E-state index contributed by atoms with van der Waals surface area (Å²) in [6.45, 7) is 8.59. The minimum atomic E-state index is -0.227. The minimum Gasteiger partial charge on any atom is -0.356 e. The first-order valence-electron chi connectivity index (χ1n) is 14.0. The molecule has 2 fully saturated rings. The molecule has 0 spiro atoms. The maximum atomic E-state index is 13.8. The van der Waals surface area contributed by atoms with Crippen molar-refractivity contribution < 1.29 is 9.18 Å². The Morgan fingerprint density at radius 3 is 2.54 bits per heavy atom. The van der Waals surface area contributed by atoms with E-state index in [4.69, 9.17) is 4.98 Å². The van der Waals surface area contributed by atoms with Crippen LogP contribution in [0.3, 0.4) is 0 Å². The van der Waals surface area contributed by atoms with E-state index in [-0.39, 0.29) is 17.6 Å². The standard InChI is InChI=1S/C30H40FN5O/c1-22-8-5-9-23(2)35(22)17-7-16-32-29(37)25-14-18-34(19-15-25)30-33-27-12-3-4-13-28(27)36(30)21-24-10-6-11-26(31)20-24/h3-4,6,10-13,20,22-23,25H,5,7-9,14-19,21H2,1-2H3,(H,32,37). The lowest BCUT2D eigenvalue weighted by molar-refractivity contribution is -0.125. The molecule has 7 heteroatoms. The fourth-order valence-electron chi connectivity index (χ4n) is 6.15. The second-order valence-electron chi connectivity index (χ2n) is 10.9. The van der Waals surface area contributed by atoms with Gasteiger partial charge in [0.15, 0.2) is 0 Å². The number of likely N-dealkylation sites (tertiary alicyclic amines) is 1. The summed E-state index contributed by atoms with van der Waals surface area (Å²) in [7, 11) is 0. The van der Waals surface area contributed by atoms with E-state index in [0.717, 1.165) is 68.0 Å². The SMILES string of the molecule is CC1CCCC(C)N1CCCNC(=O)C1CCN(c2nc3ccccc3n2Cc2cccc(F)c2)CC1. The highest BCUT2D eigenvalue weighted by Crippen LogP contribution is 2.28. The van der Waals surface area contributed by atoms with Crippen LogP contribution in [0, 0.1) is 11.7 Å². The Balaban J connectivity index is 1.17. The van der Waals surface area contributed by atoms with Gasteiger partial charge in [-0.2, -0.15) is 0 Å². The van der Waals surface area contributed by atoms with E-state index in [1.165, 1.54) is 25.3 Å². The van der Waals surface area contributed by atoms with E-state index in [0.29, 0.717) is 18.6 Å². The molecule has 1 amide bonds. The second-order valence-corrected chi connectivity index (χ2v) is 10.9. The van der Waals surface area contributed by atoms with Crippen LogP contribution in [-0.4, -0.2) is 58.6 Å². The number of anilines is 1. The van der Waals surface area contributed by atoms with E-state index in [1.54, 1.807) is 12.1 Å². The van der Waals surface area contributed by atoms with E-state index < -0.39 is 0 Å². The average Bonchev–Trinajstić information content (AvgIpc) is 3.26. The summed E-state index contributed by atoms with van der Waals surface area (Å²) in [6, 6.07) is 16.1. The zero-order valence-electron chi connectivity index (χ0n) is 22.2.